The van der Waals surface area contributed by atoms with Gasteiger partial charge in [0.15, 0.2) is 0 Å². The van der Waals surface area contributed by atoms with E-state index >= 15 is 0 Å². The zero-order valence-electron chi connectivity index (χ0n) is 15.4. The van der Waals surface area contributed by atoms with E-state index in [1.54, 1.807) is 0 Å². The maximum Gasteiger partial charge on any atom is 0.226 e. The Morgan fingerprint density at radius 2 is 1.37 bits per heavy atom. The predicted octanol–water partition coefficient (Wildman–Crippen LogP) is 5.42. The minimum Gasteiger partial charge on any atom is -0.351 e. The first-order chi connectivity index (χ1) is 8.60. The summed E-state index contributed by atoms with van der Waals surface area (Å²) >= 11 is 0. The van der Waals surface area contributed by atoms with E-state index in [2.05, 4.69) is 39.9 Å². The van der Waals surface area contributed by atoms with E-state index < -0.39 is 0 Å². The molecule has 0 aliphatic carbocycles. The standard InChI is InChI=1S/C13H27NO.2C2H6/c1-8-12(4,5)11(15)14-13(6,7)9-10(2)3;2*1-2/h10H,8-9H2,1-7H3,(H,14,15);2*1-2H3. The summed E-state index contributed by atoms with van der Waals surface area (Å²) in [5.74, 6) is 0.765. The molecule has 0 atom stereocenters. The molecule has 0 heterocycles. The largest absolute Gasteiger partial charge is 0.351 e. The Balaban J connectivity index is -0.000000579. The predicted molar refractivity (Wildman–Crippen MR) is 88.4 cm³/mol. The molecule has 2 nitrogen and oxygen atoms in total. The van der Waals surface area contributed by atoms with Gasteiger partial charge in [0, 0.05) is 11.0 Å². The van der Waals surface area contributed by atoms with Gasteiger partial charge < -0.3 is 5.32 Å². The van der Waals surface area contributed by atoms with E-state index in [1.165, 1.54) is 0 Å². The van der Waals surface area contributed by atoms with Crippen LogP contribution in [0.5, 0.6) is 0 Å². The fourth-order valence-electron chi connectivity index (χ4n) is 1.71. The summed E-state index contributed by atoms with van der Waals surface area (Å²) in [6.45, 7) is 22.6. The Hall–Kier alpha value is -0.530. The SMILES string of the molecule is CC.CC.CCC(C)(C)C(=O)NC(C)(C)CC(C)C. The van der Waals surface area contributed by atoms with Crippen LogP contribution in [0.1, 0.15) is 89.0 Å². The van der Waals surface area contributed by atoms with Crippen LogP contribution in [0.25, 0.3) is 0 Å². The number of amides is 1. The first kappa shape index (κ1) is 23.6. The van der Waals surface area contributed by atoms with Gasteiger partial charge in [0.25, 0.3) is 0 Å². The van der Waals surface area contributed by atoms with Crippen LogP contribution in [0.4, 0.5) is 0 Å². The highest BCUT2D eigenvalue weighted by Crippen LogP contribution is 2.23. The molecule has 0 rings (SSSR count). The molecule has 2 heteroatoms. The summed E-state index contributed by atoms with van der Waals surface area (Å²) in [6, 6.07) is 0. The Morgan fingerprint density at radius 3 is 1.63 bits per heavy atom. The first-order valence-corrected chi connectivity index (χ1v) is 7.93. The van der Waals surface area contributed by atoms with E-state index in [4.69, 9.17) is 0 Å². The van der Waals surface area contributed by atoms with Gasteiger partial charge in [-0.25, -0.2) is 0 Å². The fraction of sp³-hybridized carbons (Fsp3) is 0.941. The lowest BCUT2D eigenvalue weighted by Gasteiger charge is -2.32. The van der Waals surface area contributed by atoms with E-state index in [0.717, 1.165) is 12.8 Å². The van der Waals surface area contributed by atoms with E-state index in [1.807, 2.05) is 41.5 Å². The smallest absolute Gasteiger partial charge is 0.226 e. The zero-order valence-corrected chi connectivity index (χ0v) is 15.4. The Kier molecular flexibility index (Phi) is 14.0. The third kappa shape index (κ3) is 12.3. The summed E-state index contributed by atoms with van der Waals surface area (Å²) in [6.07, 6.45) is 1.88. The van der Waals surface area contributed by atoms with E-state index in [0.29, 0.717) is 5.92 Å². The molecule has 0 aliphatic rings. The van der Waals surface area contributed by atoms with Crippen LogP contribution in [0.15, 0.2) is 0 Å². The molecule has 19 heavy (non-hydrogen) atoms. The summed E-state index contributed by atoms with van der Waals surface area (Å²) in [5.41, 5.74) is -0.355. The minimum atomic E-state index is -0.256. The molecule has 1 amide bonds. The van der Waals surface area contributed by atoms with Gasteiger partial charge in [-0.2, -0.15) is 0 Å². The van der Waals surface area contributed by atoms with Gasteiger partial charge >= 0.3 is 0 Å². The van der Waals surface area contributed by atoms with Crippen LogP contribution < -0.4 is 5.32 Å². The molecule has 0 saturated carbocycles. The van der Waals surface area contributed by atoms with Crippen LogP contribution in [0, 0.1) is 11.3 Å². The molecule has 0 spiro atoms. The molecule has 0 unspecified atom stereocenters. The van der Waals surface area contributed by atoms with Crippen molar-refractivity contribution in [2.24, 2.45) is 11.3 Å². The number of carbonyl (C=O) groups excluding carboxylic acids is 1. The molecule has 0 aromatic carbocycles. The van der Waals surface area contributed by atoms with Gasteiger partial charge in [-0.15, -0.1) is 0 Å². The molecule has 0 radical (unpaired) electrons. The second-order valence-corrected chi connectivity index (χ2v) is 6.17. The molecule has 1 N–H and O–H groups in total. The second-order valence-electron chi connectivity index (χ2n) is 6.17. The fourth-order valence-corrected chi connectivity index (χ4v) is 1.71. The Morgan fingerprint density at radius 1 is 1.00 bits per heavy atom. The molecule has 0 aromatic heterocycles. The first-order valence-electron chi connectivity index (χ1n) is 7.93. The lowest BCUT2D eigenvalue weighted by Crippen LogP contribution is -2.49. The summed E-state index contributed by atoms with van der Waals surface area (Å²) < 4.78 is 0. The molecule has 0 saturated heterocycles. The molecule has 0 bridgehead atoms. The van der Waals surface area contributed by atoms with Crippen molar-refractivity contribution in [3.63, 3.8) is 0 Å². The number of nitrogens with one attached hydrogen (secondary N) is 1. The van der Waals surface area contributed by atoms with Crippen molar-refractivity contribution < 1.29 is 4.79 Å². The number of hydrogen-bond acceptors (Lipinski definition) is 1. The monoisotopic (exact) mass is 273 g/mol. The van der Waals surface area contributed by atoms with Crippen LogP contribution in [-0.2, 0) is 4.79 Å². The van der Waals surface area contributed by atoms with Crippen molar-refractivity contribution in [1.82, 2.24) is 5.32 Å². The molecule has 0 aromatic rings. The highest BCUT2D eigenvalue weighted by atomic mass is 16.2. The highest BCUT2D eigenvalue weighted by molar-refractivity contribution is 5.82. The van der Waals surface area contributed by atoms with Crippen molar-refractivity contribution in [3.8, 4) is 0 Å². The van der Waals surface area contributed by atoms with Gasteiger partial charge in [0.05, 0.1) is 0 Å². The molecular weight excluding hydrogens is 234 g/mol. The maximum absolute atomic E-state index is 12.0. The Bertz CT molecular complexity index is 217. The van der Waals surface area contributed by atoms with Crippen molar-refractivity contribution in [2.45, 2.75) is 94.5 Å². The molecule has 118 valence electrons. The topological polar surface area (TPSA) is 29.1 Å². The maximum atomic E-state index is 12.0. The lowest BCUT2D eigenvalue weighted by molar-refractivity contribution is -0.131. The van der Waals surface area contributed by atoms with Gasteiger partial charge in [-0.1, -0.05) is 62.3 Å². The quantitative estimate of drug-likeness (QED) is 0.712. The van der Waals surface area contributed by atoms with Gasteiger partial charge in [-0.05, 0) is 32.6 Å². The molecule has 0 fully saturated rings. The average Bonchev–Trinajstić information content (AvgIpc) is 2.31. The third-order valence-corrected chi connectivity index (χ3v) is 2.87. The average molecular weight is 274 g/mol. The second kappa shape index (κ2) is 11.3. The van der Waals surface area contributed by atoms with Crippen molar-refractivity contribution >= 4 is 5.91 Å². The Labute approximate surface area is 122 Å². The van der Waals surface area contributed by atoms with Gasteiger partial charge in [-0.3, -0.25) is 4.79 Å². The minimum absolute atomic E-state index is 0.0995. The lowest BCUT2D eigenvalue weighted by atomic mass is 9.86. The summed E-state index contributed by atoms with van der Waals surface area (Å²) in [5, 5.41) is 3.14. The molecule has 0 aliphatic heterocycles. The van der Waals surface area contributed by atoms with Crippen LogP contribution >= 0.6 is 0 Å². The highest BCUT2D eigenvalue weighted by Gasteiger charge is 2.30. The number of carbonyl (C=O) groups is 1. The molecular formula is C17H39NO. The number of hydrogen-bond donors (Lipinski definition) is 1. The zero-order chi connectivity index (χ0) is 16.3. The normalized spacial score (nSPS) is 10.9. The van der Waals surface area contributed by atoms with Crippen molar-refractivity contribution in [2.75, 3.05) is 0 Å². The summed E-state index contributed by atoms with van der Waals surface area (Å²) in [7, 11) is 0. The summed E-state index contributed by atoms with van der Waals surface area (Å²) in [4.78, 5) is 12.0. The van der Waals surface area contributed by atoms with Crippen molar-refractivity contribution in [3.05, 3.63) is 0 Å². The van der Waals surface area contributed by atoms with E-state index in [9.17, 15) is 4.79 Å². The van der Waals surface area contributed by atoms with Crippen LogP contribution in [0.3, 0.4) is 0 Å². The third-order valence-electron chi connectivity index (χ3n) is 2.87. The van der Waals surface area contributed by atoms with Crippen molar-refractivity contribution in [1.29, 1.82) is 0 Å². The van der Waals surface area contributed by atoms with Crippen LogP contribution in [0.2, 0.25) is 0 Å². The van der Waals surface area contributed by atoms with Gasteiger partial charge in [0.2, 0.25) is 5.91 Å². The number of rotatable bonds is 5. The van der Waals surface area contributed by atoms with Gasteiger partial charge in [0.1, 0.15) is 0 Å². The van der Waals surface area contributed by atoms with E-state index in [-0.39, 0.29) is 16.9 Å². The van der Waals surface area contributed by atoms with Crippen LogP contribution in [-0.4, -0.2) is 11.4 Å².